The van der Waals surface area contributed by atoms with Gasteiger partial charge in [-0.05, 0) is 73.8 Å². The molecule has 0 aliphatic carbocycles. The summed E-state index contributed by atoms with van der Waals surface area (Å²) in [7, 11) is 4.06. The van der Waals surface area contributed by atoms with Crippen LogP contribution in [0.1, 0.15) is 43.2 Å². The van der Waals surface area contributed by atoms with Crippen molar-refractivity contribution < 1.29 is 17.9 Å². The van der Waals surface area contributed by atoms with Crippen LogP contribution in [-0.4, -0.2) is 45.2 Å². The highest BCUT2D eigenvalue weighted by atomic mass is 35.5. The highest BCUT2D eigenvalue weighted by molar-refractivity contribution is 5.85. The molecular formula is C25H35Cl2F3N2O. The Hall–Kier alpha value is -1.63. The minimum Gasteiger partial charge on any atom is -0.493 e. The van der Waals surface area contributed by atoms with E-state index >= 15 is 0 Å². The van der Waals surface area contributed by atoms with Crippen LogP contribution in [0.15, 0.2) is 48.5 Å². The largest absolute Gasteiger partial charge is 0.493 e. The van der Waals surface area contributed by atoms with E-state index in [4.69, 9.17) is 4.74 Å². The van der Waals surface area contributed by atoms with Crippen LogP contribution in [0.3, 0.4) is 0 Å². The third-order valence-electron chi connectivity index (χ3n) is 6.13. The number of halogens is 5. The van der Waals surface area contributed by atoms with Crippen molar-refractivity contribution in [2.45, 2.75) is 38.3 Å². The highest BCUT2D eigenvalue weighted by Gasteiger charge is 2.32. The van der Waals surface area contributed by atoms with Crippen molar-refractivity contribution in [2.24, 2.45) is 5.92 Å². The topological polar surface area (TPSA) is 15.7 Å². The lowest BCUT2D eigenvalue weighted by Gasteiger charge is -2.39. The SMILES string of the molecule is CCCCN1CCC(c2ccc(N(C)C)cc2)C(COc2ccc(C(F)(F)F)cc2)C1.Cl.Cl. The van der Waals surface area contributed by atoms with Crippen molar-refractivity contribution in [2.75, 3.05) is 45.2 Å². The van der Waals surface area contributed by atoms with Gasteiger partial charge in [-0.2, -0.15) is 13.2 Å². The minimum atomic E-state index is -4.33. The number of anilines is 1. The normalized spacial score (nSPS) is 18.7. The Bertz CT molecular complexity index is 814. The molecule has 1 aliphatic heterocycles. The van der Waals surface area contributed by atoms with Crippen molar-refractivity contribution in [3.05, 3.63) is 59.7 Å². The zero-order valence-electron chi connectivity index (χ0n) is 19.5. The molecule has 3 rings (SSSR count). The first-order valence-corrected chi connectivity index (χ1v) is 11.1. The Kier molecular flexibility index (Phi) is 11.9. The van der Waals surface area contributed by atoms with E-state index in [-0.39, 0.29) is 30.7 Å². The molecule has 33 heavy (non-hydrogen) atoms. The van der Waals surface area contributed by atoms with Gasteiger partial charge in [-0.3, -0.25) is 0 Å². The molecule has 0 spiro atoms. The Morgan fingerprint density at radius 1 is 1.00 bits per heavy atom. The Morgan fingerprint density at radius 2 is 1.64 bits per heavy atom. The van der Waals surface area contributed by atoms with Crippen molar-refractivity contribution in [3.63, 3.8) is 0 Å². The van der Waals surface area contributed by atoms with Crippen LogP contribution in [-0.2, 0) is 6.18 Å². The van der Waals surface area contributed by atoms with Gasteiger partial charge in [0.25, 0.3) is 0 Å². The number of ether oxygens (including phenoxy) is 1. The maximum absolute atomic E-state index is 12.8. The molecule has 2 aromatic carbocycles. The number of hydrogen-bond donors (Lipinski definition) is 0. The molecule has 1 saturated heterocycles. The third-order valence-corrected chi connectivity index (χ3v) is 6.13. The molecule has 2 aromatic rings. The van der Waals surface area contributed by atoms with E-state index in [1.54, 1.807) is 0 Å². The molecule has 2 atom stereocenters. The summed E-state index contributed by atoms with van der Waals surface area (Å²) >= 11 is 0. The van der Waals surface area contributed by atoms with Gasteiger partial charge in [0, 0.05) is 32.2 Å². The first-order valence-electron chi connectivity index (χ1n) is 11.1. The molecule has 0 aromatic heterocycles. The molecule has 3 nitrogen and oxygen atoms in total. The van der Waals surface area contributed by atoms with Gasteiger partial charge < -0.3 is 14.5 Å². The molecule has 0 bridgehead atoms. The van der Waals surface area contributed by atoms with Crippen LogP contribution in [0.4, 0.5) is 18.9 Å². The Morgan fingerprint density at radius 3 is 2.18 bits per heavy atom. The van der Waals surface area contributed by atoms with E-state index in [0.29, 0.717) is 18.3 Å². The molecule has 186 valence electrons. The van der Waals surface area contributed by atoms with Crippen LogP contribution >= 0.6 is 24.8 Å². The zero-order chi connectivity index (χ0) is 22.4. The number of benzene rings is 2. The monoisotopic (exact) mass is 506 g/mol. The highest BCUT2D eigenvalue weighted by Crippen LogP contribution is 2.35. The van der Waals surface area contributed by atoms with Crippen molar-refractivity contribution in [3.8, 4) is 5.75 Å². The summed E-state index contributed by atoms with van der Waals surface area (Å²) < 4.78 is 44.4. The number of unbranched alkanes of at least 4 members (excludes halogenated alkanes) is 1. The van der Waals surface area contributed by atoms with Crippen molar-refractivity contribution in [1.29, 1.82) is 0 Å². The second-order valence-electron chi connectivity index (χ2n) is 8.63. The van der Waals surface area contributed by atoms with Crippen molar-refractivity contribution in [1.82, 2.24) is 4.90 Å². The molecule has 1 heterocycles. The molecular weight excluding hydrogens is 472 g/mol. The summed E-state index contributed by atoms with van der Waals surface area (Å²) in [5.74, 6) is 1.15. The van der Waals surface area contributed by atoms with Crippen LogP contribution in [0, 0.1) is 5.92 Å². The van der Waals surface area contributed by atoms with Gasteiger partial charge in [-0.1, -0.05) is 25.5 Å². The smallest absolute Gasteiger partial charge is 0.416 e. The van der Waals surface area contributed by atoms with E-state index in [0.717, 1.165) is 38.2 Å². The first-order chi connectivity index (χ1) is 14.8. The quantitative estimate of drug-likeness (QED) is 0.387. The van der Waals surface area contributed by atoms with E-state index < -0.39 is 11.7 Å². The van der Waals surface area contributed by atoms with Gasteiger partial charge in [0.1, 0.15) is 5.75 Å². The second-order valence-corrected chi connectivity index (χ2v) is 8.63. The molecule has 0 N–H and O–H groups in total. The van der Waals surface area contributed by atoms with Gasteiger partial charge in [-0.15, -0.1) is 24.8 Å². The molecule has 1 aliphatic rings. The number of nitrogens with zero attached hydrogens (tertiary/aromatic N) is 2. The molecule has 0 saturated carbocycles. The minimum absolute atomic E-state index is 0. The van der Waals surface area contributed by atoms with Gasteiger partial charge in [0.05, 0.1) is 12.2 Å². The Balaban J connectivity index is 0.00000272. The lowest BCUT2D eigenvalue weighted by atomic mass is 9.80. The molecule has 0 radical (unpaired) electrons. The third kappa shape index (κ3) is 8.27. The summed E-state index contributed by atoms with van der Waals surface area (Å²) in [6, 6.07) is 13.7. The summed E-state index contributed by atoms with van der Waals surface area (Å²) in [5, 5.41) is 0. The number of hydrogen-bond acceptors (Lipinski definition) is 3. The molecule has 0 amide bonds. The fourth-order valence-corrected chi connectivity index (χ4v) is 4.26. The number of likely N-dealkylation sites (tertiary alicyclic amines) is 1. The van der Waals surface area contributed by atoms with E-state index in [2.05, 4.69) is 41.0 Å². The number of rotatable bonds is 8. The zero-order valence-corrected chi connectivity index (χ0v) is 21.1. The maximum atomic E-state index is 12.8. The molecule has 8 heteroatoms. The van der Waals surface area contributed by atoms with Gasteiger partial charge in [-0.25, -0.2) is 0 Å². The lowest BCUT2D eigenvalue weighted by molar-refractivity contribution is -0.137. The maximum Gasteiger partial charge on any atom is 0.416 e. The van der Waals surface area contributed by atoms with Crippen LogP contribution in [0.2, 0.25) is 0 Å². The summed E-state index contributed by atoms with van der Waals surface area (Å²) in [5.41, 5.74) is 1.82. The standard InChI is InChI=1S/C25H33F3N2O.2ClH/c1-4-5-15-30-16-14-24(19-6-10-22(11-7-19)29(2)3)20(17-30)18-31-23-12-8-21(9-13-23)25(26,27)28;;/h6-13,20,24H,4-5,14-18H2,1-3H3;2*1H. The van der Waals surface area contributed by atoms with E-state index in [9.17, 15) is 13.2 Å². The number of piperidine rings is 1. The van der Waals surface area contributed by atoms with Crippen LogP contribution < -0.4 is 9.64 Å². The average molecular weight is 507 g/mol. The van der Waals surface area contributed by atoms with Gasteiger partial charge in [0.2, 0.25) is 0 Å². The first kappa shape index (κ1) is 29.4. The van der Waals surface area contributed by atoms with Gasteiger partial charge >= 0.3 is 6.18 Å². The predicted octanol–water partition coefficient (Wildman–Crippen LogP) is 6.90. The van der Waals surface area contributed by atoms with E-state index in [1.807, 2.05) is 14.1 Å². The predicted molar refractivity (Wildman–Crippen MR) is 134 cm³/mol. The summed E-state index contributed by atoms with van der Waals surface area (Å²) in [6.45, 7) is 5.79. The van der Waals surface area contributed by atoms with E-state index in [1.165, 1.54) is 36.2 Å². The van der Waals surface area contributed by atoms with Crippen LogP contribution in [0.25, 0.3) is 0 Å². The summed E-state index contributed by atoms with van der Waals surface area (Å²) in [4.78, 5) is 4.58. The fourth-order valence-electron chi connectivity index (χ4n) is 4.26. The molecule has 2 unspecified atom stereocenters. The van der Waals surface area contributed by atoms with Gasteiger partial charge in [0.15, 0.2) is 0 Å². The molecule has 1 fully saturated rings. The lowest BCUT2D eigenvalue weighted by Crippen LogP contribution is -2.42. The Labute approximate surface area is 208 Å². The average Bonchev–Trinajstić information content (AvgIpc) is 2.76. The summed E-state index contributed by atoms with van der Waals surface area (Å²) in [6.07, 6.45) is -0.926. The second kappa shape index (κ2) is 13.3. The van der Waals surface area contributed by atoms with Crippen molar-refractivity contribution >= 4 is 30.5 Å². The number of alkyl halides is 3. The van der Waals surface area contributed by atoms with Crippen LogP contribution in [0.5, 0.6) is 5.75 Å². The fraction of sp³-hybridized carbons (Fsp3) is 0.520.